The van der Waals surface area contributed by atoms with E-state index in [1.807, 2.05) is 25.5 Å². The lowest BCUT2D eigenvalue weighted by Crippen LogP contribution is -2.13. The summed E-state index contributed by atoms with van der Waals surface area (Å²) in [7, 11) is 0. The molecule has 1 aromatic rings. The van der Waals surface area contributed by atoms with Crippen molar-refractivity contribution in [3.8, 4) is 0 Å². The number of carbonyl (C=O) groups is 1. The summed E-state index contributed by atoms with van der Waals surface area (Å²) in [5, 5.41) is 5.17. The van der Waals surface area contributed by atoms with Crippen molar-refractivity contribution < 1.29 is 4.79 Å². The van der Waals surface area contributed by atoms with Gasteiger partial charge < -0.3 is 0 Å². The number of halogens is 1. The summed E-state index contributed by atoms with van der Waals surface area (Å²) in [6.45, 7) is 8.40. The Morgan fingerprint density at radius 3 is 2.56 bits per heavy atom. The molecule has 0 bridgehead atoms. The van der Waals surface area contributed by atoms with E-state index in [9.17, 15) is 4.79 Å². The second-order valence-electron chi connectivity index (χ2n) is 4.09. The summed E-state index contributed by atoms with van der Waals surface area (Å²) in [6.07, 6.45) is 1.50. The Balaban J connectivity index is 3.01. The van der Waals surface area contributed by atoms with Gasteiger partial charge in [0.15, 0.2) is 0 Å². The Labute approximate surface area is 102 Å². The number of hydrogen-bond acceptors (Lipinski definition) is 2. The molecule has 0 fully saturated rings. The van der Waals surface area contributed by atoms with Crippen molar-refractivity contribution in [1.29, 1.82) is 0 Å². The van der Waals surface area contributed by atoms with E-state index >= 15 is 0 Å². The van der Waals surface area contributed by atoms with Crippen molar-refractivity contribution in [2.24, 2.45) is 5.92 Å². The Hall–Kier alpha value is -0.830. The fraction of sp³-hybridized carbons (Fsp3) is 0.667. The molecule has 1 rings (SSSR count). The molecule has 0 radical (unpaired) electrons. The molecule has 16 heavy (non-hydrogen) atoms. The number of ketones is 1. The summed E-state index contributed by atoms with van der Waals surface area (Å²) < 4.78 is 1.90. The van der Waals surface area contributed by atoms with Gasteiger partial charge in [-0.05, 0) is 20.3 Å². The van der Waals surface area contributed by atoms with Crippen LogP contribution in [-0.2, 0) is 24.2 Å². The SMILES string of the molecule is CCc1nn(CC)c(CC(C)C(C)=O)c1Cl. The topological polar surface area (TPSA) is 34.9 Å². The number of rotatable bonds is 5. The molecular weight excluding hydrogens is 224 g/mol. The summed E-state index contributed by atoms with van der Waals surface area (Å²) in [6, 6.07) is 0. The van der Waals surface area contributed by atoms with Crippen molar-refractivity contribution in [2.75, 3.05) is 0 Å². The van der Waals surface area contributed by atoms with Crippen LogP contribution < -0.4 is 0 Å². The molecule has 0 aliphatic carbocycles. The lowest BCUT2D eigenvalue weighted by molar-refractivity contribution is -0.120. The van der Waals surface area contributed by atoms with E-state index in [0.717, 1.165) is 29.4 Å². The molecule has 90 valence electrons. The molecule has 3 nitrogen and oxygen atoms in total. The summed E-state index contributed by atoms with van der Waals surface area (Å²) in [4.78, 5) is 11.3. The van der Waals surface area contributed by atoms with Crippen LogP contribution in [-0.4, -0.2) is 15.6 Å². The Morgan fingerprint density at radius 1 is 1.50 bits per heavy atom. The fourth-order valence-electron chi connectivity index (χ4n) is 1.65. The van der Waals surface area contributed by atoms with Gasteiger partial charge >= 0.3 is 0 Å². The molecule has 4 heteroatoms. The highest BCUT2D eigenvalue weighted by Crippen LogP contribution is 2.24. The smallest absolute Gasteiger partial charge is 0.133 e. The highest BCUT2D eigenvalue weighted by Gasteiger charge is 2.18. The summed E-state index contributed by atoms with van der Waals surface area (Å²) in [5.74, 6) is 0.196. The average molecular weight is 243 g/mol. The van der Waals surface area contributed by atoms with Gasteiger partial charge in [0, 0.05) is 18.9 Å². The van der Waals surface area contributed by atoms with E-state index < -0.39 is 0 Å². The first-order valence-corrected chi connectivity index (χ1v) is 6.13. The molecule has 1 aromatic heterocycles. The van der Waals surface area contributed by atoms with Gasteiger partial charge in [-0.25, -0.2) is 0 Å². The van der Waals surface area contributed by atoms with E-state index in [1.165, 1.54) is 0 Å². The van der Waals surface area contributed by atoms with Crippen LogP contribution in [0.4, 0.5) is 0 Å². The number of Topliss-reactive ketones (excluding diaryl/α,β-unsaturated/α-hetero) is 1. The second-order valence-corrected chi connectivity index (χ2v) is 4.47. The van der Waals surface area contributed by atoms with Crippen LogP contribution in [0.3, 0.4) is 0 Å². The Morgan fingerprint density at radius 2 is 2.12 bits per heavy atom. The standard InChI is InChI=1S/C12H19ClN2O/c1-5-10-12(13)11(15(6-2)14-10)7-8(3)9(4)16/h8H,5-7H2,1-4H3. The minimum Gasteiger partial charge on any atom is -0.300 e. The number of aryl methyl sites for hydroxylation is 2. The van der Waals surface area contributed by atoms with Gasteiger partial charge in [-0.1, -0.05) is 25.4 Å². The molecule has 0 N–H and O–H groups in total. The monoisotopic (exact) mass is 242 g/mol. The van der Waals surface area contributed by atoms with Gasteiger partial charge in [-0.15, -0.1) is 0 Å². The number of aromatic nitrogens is 2. The molecule has 0 amide bonds. The predicted octanol–water partition coefficient (Wildman–Crippen LogP) is 2.89. The van der Waals surface area contributed by atoms with Gasteiger partial charge in [0.2, 0.25) is 0 Å². The zero-order valence-corrected chi connectivity index (χ0v) is 11.1. The second kappa shape index (κ2) is 5.48. The van der Waals surface area contributed by atoms with Gasteiger partial charge in [0.1, 0.15) is 5.78 Å². The average Bonchev–Trinajstić information content (AvgIpc) is 2.55. The number of carbonyl (C=O) groups excluding carboxylic acids is 1. The zero-order valence-electron chi connectivity index (χ0n) is 10.4. The molecular formula is C12H19ClN2O. The highest BCUT2D eigenvalue weighted by molar-refractivity contribution is 6.31. The van der Waals surface area contributed by atoms with Gasteiger partial charge in [-0.3, -0.25) is 9.48 Å². The van der Waals surface area contributed by atoms with Crippen LogP contribution in [0.2, 0.25) is 5.02 Å². The molecule has 0 spiro atoms. The maximum atomic E-state index is 11.3. The third-order valence-corrected chi connectivity index (χ3v) is 3.32. The Bertz CT molecular complexity index is 385. The van der Waals surface area contributed by atoms with Gasteiger partial charge in [0.25, 0.3) is 0 Å². The third-order valence-electron chi connectivity index (χ3n) is 2.89. The summed E-state index contributed by atoms with van der Waals surface area (Å²) >= 11 is 6.26. The van der Waals surface area contributed by atoms with Crippen LogP contribution in [0.15, 0.2) is 0 Å². The largest absolute Gasteiger partial charge is 0.300 e. The van der Waals surface area contributed by atoms with Crippen LogP contribution in [0.5, 0.6) is 0 Å². The molecule has 0 saturated carbocycles. The molecule has 1 heterocycles. The minimum atomic E-state index is 0.00389. The minimum absolute atomic E-state index is 0.00389. The first kappa shape index (κ1) is 13.2. The van der Waals surface area contributed by atoms with Gasteiger partial charge in [0.05, 0.1) is 16.4 Å². The fourth-order valence-corrected chi connectivity index (χ4v) is 1.99. The Kier molecular flexibility index (Phi) is 4.54. The molecule has 0 aliphatic heterocycles. The van der Waals surface area contributed by atoms with Crippen LogP contribution >= 0.6 is 11.6 Å². The van der Waals surface area contributed by atoms with E-state index in [2.05, 4.69) is 5.10 Å². The molecule has 0 saturated heterocycles. The van der Waals surface area contributed by atoms with E-state index in [0.29, 0.717) is 6.42 Å². The lowest BCUT2D eigenvalue weighted by Gasteiger charge is -2.09. The van der Waals surface area contributed by atoms with Crippen molar-refractivity contribution in [3.05, 3.63) is 16.4 Å². The van der Waals surface area contributed by atoms with Crippen molar-refractivity contribution in [2.45, 2.75) is 47.1 Å². The van der Waals surface area contributed by atoms with Crippen LogP contribution in [0.1, 0.15) is 39.1 Å². The normalized spacial score (nSPS) is 12.8. The quantitative estimate of drug-likeness (QED) is 0.796. The highest BCUT2D eigenvalue weighted by atomic mass is 35.5. The first-order chi connectivity index (χ1) is 7.51. The zero-order chi connectivity index (χ0) is 12.3. The molecule has 1 unspecified atom stereocenters. The maximum Gasteiger partial charge on any atom is 0.133 e. The molecule has 0 aliphatic rings. The van der Waals surface area contributed by atoms with E-state index in [4.69, 9.17) is 11.6 Å². The maximum absolute atomic E-state index is 11.3. The summed E-state index contributed by atoms with van der Waals surface area (Å²) in [5.41, 5.74) is 1.91. The van der Waals surface area contributed by atoms with E-state index in [1.54, 1.807) is 6.92 Å². The third kappa shape index (κ3) is 2.64. The van der Waals surface area contributed by atoms with Crippen LogP contribution in [0, 0.1) is 5.92 Å². The molecule has 0 aromatic carbocycles. The predicted molar refractivity (Wildman–Crippen MR) is 65.8 cm³/mol. The lowest BCUT2D eigenvalue weighted by atomic mass is 10.0. The van der Waals surface area contributed by atoms with E-state index in [-0.39, 0.29) is 11.7 Å². The molecule has 1 atom stereocenters. The number of nitrogens with zero attached hydrogens (tertiary/aromatic N) is 2. The van der Waals surface area contributed by atoms with Crippen molar-refractivity contribution >= 4 is 17.4 Å². The van der Waals surface area contributed by atoms with Crippen molar-refractivity contribution in [1.82, 2.24) is 9.78 Å². The number of hydrogen-bond donors (Lipinski definition) is 0. The van der Waals surface area contributed by atoms with Crippen LogP contribution in [0.25, 0.3) is 0 Å². The first-order valence-electron chi connectivity index (χ1n) is 5.75. The van der Waals surface area contributed by atoms with Crippen molar-refractivity contribution in [3.63, 3.8) is 0 Å². The van der Waals surface area contributed by atoms with Gasteiger partial charge in [-0.2, -0.15) is 5.10 Å².